The van der Waals surface area contributed by atoms with Crippen molar-refractivity contribution in [2.45, 2.75) is 356 Å². The van der Waals surface area contributed by atoms with Crippen LogP contribution in [-0.4, -0.2) is 89.4 Å². The number of carbonyl (C=O) groups is 4. The molecule has 482 valence electrons. The van der Waals surface area contributed by atoms with Crippen molar-refractivity contribution >= 4 is 41.2 Å². The number of quaternary nitrogens is 1. The Bertz CT molecular complexity index is 1740. The quantitative estimate of drug-likeness (QED) is 0.0266. The van der Waals surface area contributed by atoms with Crippen LogP contribution >= 0.6 is 11.7 Å². The minimum atomic E-state index is -0.797. The molecule has 2 atom stereocenters. The maximum atomic E-state index is 13.3. The summed E-state index contributed by atoms with van der Waals surface area (Å²) in [6, 6.07) is 0. The number of nitrogens with zero attached hydrogens (tertiary/aromatic N) is 3. The van der Waals surface area contributed by atoms with Gasteiger partial charge in [0, 0.05) is 38.2 Å². The SMILES string of the molecule is CCCCCCCCCCCCCCCC(=O)OCC(COC(=O)CCCCCCCCCCCCCCC)OC(=O)CCCCCCCCCCCCCC(C)(C)CC(=O)O[C@H](C)[N+]1(C)CCC=C(c2nsnc2OCCCCCC)C1. The summed E-state index contributed by atoms with van der Waals surface area (Å²) in [4.78, 5) is 51.8. The zero-order valence-corrected chi connectivity index (χ0v) is 55.7. The fourth-order valence-electron chi connectivity index (χ4n) is 11.5. The molecule has 0 spiro atoms. The van der Waals surface area contributed by atoms with Crippen molar-refractivity contribution in [3.63, 3.8) is 0 Å². The van der Waals surface area contributed by atoms with Gasteiger partial charge < -0.3 is 23.7 Å². The van der Waals surface area contributed by atoms with Gasteiger partial charge in [-0.05, 0) is 37.5 Å². The van der Waals surface area contributed by atoms with Crippen molar-refractivity contribution in [1.82, 2.24) is 8.75 Å². The van der Waals surface area contributed by atoms with E-state index in [9.17, 15) is 19.2 Å². The molecule has 0 N–H and O–H groups in total. The topological polar surface area (TPSA) is 140 Å². The van der Waals surface area contributed by atoms with Gasteiger partial charge in [-0.1, -0.05) is 278 Å². The van der Waals surface area contributed by atoms with E-state index >= 15 is 0 Å². The molecule has 0 aliphatic carbocycles. The first-order valence-electron chi connectivity index (χ1n) is 35.0. The Morgan fingerprint density at radius 3 is 1.33 bits per heavy atom. The standard InChI is InChI=1S/C70H128N3O9S/c1-8-11-14-17-19-21-23-25-28-32-36-40-44-51-64(74)79-59-63(60-80-65(75)52-45-41-37-33-29-26-24-22-20-18-15-12-9-2)82-66(76)53-46-42-38-34-30-27-31-35-39-43-47-54-70(5,6)57-67(77)81-61(4)73(7)55-49-50-62(58-73)68-69(72-83-71-68)78-56-48-16-13-10-3/h50,61,63H,8-49,51-60H2,1-7H3/q+1/t61-,73?/m1/s1. The van der Waals surface area contributed by atoms with E-state index in [1.54, 1.807) is 0 Å². The number of hydrogen-bond acceptors (Lipinski definition) is 12. The fraction of sp³-hybridized carbons (Fsp3) is 0.886. The molecule has 13 heteroatoms. The van der Waals surface area contributed by atoms with Crippen molar-refractivity contribution in [3.8, 4) is 5.88 Å². The molecule has 0 amide bonds. The molecule has 2 heterocycles. The molecule has 0 aromatic carbocycles. The van der Waals surface area contributed by atoms with Gasteiger partial charge in [0.25, 0.3) is 5.88 Å². The molecule has 83 heavy (non-hydrogen) atoms. The number of unbranched alkanes of at least 4 members (excludes halogenated alkanes) is 37. The van der Waals surface area contributed by atoms with Crippen molar-refractivity contribution in [3.05, 3.63) is 11.8 Å². The molecule has 0 bridgehead atoms. The van der Waals surface area contributed by atoms with E-state index in [1.165, 1.54) is 192 Å². The van der Waals surface area contributed by atoms with E-state index in [2.05, 4.69) is 56.5 Å². The number of carbonyl (C=O) groups excluding carboxylic acids is 4. The summed E-state index contributed by atoms with van der Waals surface area (Å²) in [6.45, 7) is 15.2. The highest BCUT2D eigenvalue weighted by Gasteiger charge is 2.37. The first-order valence-corrected chi connectivity index (χ1v) is 35.7. The summed E-state index contributed by atoms with van der Waals surface area (Å²) in [7, 11) is 2.17. The fourth-order valence-corrected chi connectivity index (χ4v) is 12.0. The van der Waals surface area contributed by atoms with Gasteiger partial charge in [-0.15, -0.1) is 4.37 Å². The lowest BCUT2D eigenvalue weighted by Gasteiger charge is -2.41. The molecular weight excluding hydrogens is 1060 g/mol. The molecule has 0 radical (unpaired) electrons. The molecule has 0 saturated heterocycles. The molecule has 0 fully saturated rings. The summed E-state index contributed by atoms with van der Waals surface area (Å²) in [5.41, 5.74) is 1.85. The lowest BCUT2D eigenvalue weighted by molar-refractivity contribution is -0.944. The normalized spacial score (nSPS) is 14.9. The summed E-state index contributed by atoms with van der Waals surface area (Å²) in [5.74, 6) is -0.394. The van der Waals surface area contributed by atoms with Gasteiger partial charge in [0.2, 0.25) is 6.23 Å². The second-order valence-electron chi connectivity index (χ2n) is 26.0. The Labute approximate surface area is 513 Å². The monoisotopic (exact) mass is 1190 g/mol. The largest absolute Gasteiger partial charge is 0.475 e. The maximum absolute atomic E-state index is 13.3. The second-order valence-corrected chi connectivity index (χ2v) is 26.5. The summed E-state index contributed by atoms with van der Waals surface area (Å²) in [6.07, 6.45) is 53.7. The van der Waals surface area contributed by atoms with Gasteiger partial charge in [0.1, 0.15) is 25.5 Å². The molecule has 1 aromatic heterocycles. The van der Waals surface area contributed by atoms with Crippen molar-refractivity contribution in [1.29, 1.82) is 0 Å². The van der Waals surface area contributed by atoms with Crippen molar-refractivity contribution in [2.24, 2.45) is 5.41 Å². The van der Waals surface area contributed by atoms with Crippen LogP contribution in [0.3, 0.4) is 0 Å². The zero-order valence-electron chi connectivity index (χ0n) is 54.9. The molecule has 1 unspecified atom stereocenters. The minimum absolute atomic E-state index is 0.0902. The van der Waals surface area contributed by atoms with Crippen LogP contribution in [-0.2, 0) is 38.1 Å². The van der Waals surface area contributed by atoms with Gasteiger partial charge in [-0.25, -0.2) is 0 Å². The average molecular weight is 1190 g/mol. The predicted octanol–water partition coefficient (Wildman–Crippen LogP) is 20.1. The summed E-state index contributed by atoms with van der Waals surface area (Å²) < 4.78 is 38.8. The van der Waals surface area contributed by atoms with Crippen LogP contribution in [0.25, 0.3) is 5.57 Å². The van der Waals surface area contributed by atoms with E-state index in [0.717, 1.165) is 121 Å². The first kappa shape index (κ1) is 76.0. The third-order valence-electron chi connectivity index (χ3n) is 17.2. The Morgan fingerprint density at radius 2 is 0.892 bits per heavy atom. The van der Waals surface area contributed by atoms with Crippen LogP contribution < -0.4 is 4.74 Å². The highest BCUT2D eigenvalue weighted by Crippen LogP contribution is 2.33. The van der Waals surface area contributed by atoms with Gasteiger partial charge in [-0.3, -0.25) is 23.7 Å². The van der Waals surface area contributed by atoms with Crippen LogP contribution in [0.2, 0.25) is 0 Å². The summed E-state index contributed by atoms with van der Waals surface area (Å²) >= 11 is 1.20. The van der Waals surface area contributed by atoms with Crippen LogP contribution in [0.1, 0.15) is 349 Å². The Balaban J connectivity index is 1.60. The number of hydrogen-bond donors (Lipinski definition) is 0. The van der Waals surface area contributed by atoms with Gasteiger partial charge in [-0.2, -0.15) is 4.37 Å². The number of esters is 4. The average Bonchev–Trinajstić information content (AvgIpc) is 4.15. The van der Waals surface area contributed by atoms with Crippen LogP contribution in [0.15, 0.2) is 6.08 Å². The van der Waals surface area contributed by atoms with E-state index in [0.29, 0.717) is 42.7 Å². The minimum Gasteiger partial charge on any atom is -0.475 e. The Hall–Kier alpha value is -3.06. The first-order chi connectivity index (χ1) is 40.3. The number of likely N-dealkylation sites (N-methyl/N-ethyl adjacent to an activating group) is 1. The van der Waals surface area contributed by atoms with E-state index < -0.39 is 6.10 Å². The lowest BCUT2D eigenvalue weighted by atomic mass is 9.83. The maximum Gasteiger partial charge on any atom is 0.310 e. The molecule has 1 aliphatic rings. The van der Waals surface area contributed by atoms with Gasteiger partial charge in [0.05, 0.1) is 38.3 Å². The van der Waals surface area contributed by atoms with E-state index in [-0.39, 0.29) is 48.7 Å². The van der Waals surface area contributed by atoms with Crippen LogP contribution in [0, 0.1) is 5.41 Å². The highest BCUT2D eigenvalue weighted by atomic mass is 32.1. The van der Waals surface area contributed by atoms with E-state index in [4.69, 9.17) is 23.7 Å². The smallest absolute Gasteiger partial charge is 0.310 e. The molecule has 1 aliphatic heterocycles. The predicted molar refractivity (Wildman–Crippen MR) is 344 cm³/mol. The molecule has 2 rings (SSSR count). The summed E-state index contributed by atoms with van der Waals surface area (Å²) in [5, 5.41) is 0. The Morgan fingerprint density at radius 1 is 0.506 bits per heavy atom. The zero-order chi connectivity index (χ0) is 60.3. The number of aromatic nitrogens is 2. The third kappa shape index (κ3) is 41.6. The molecule has 12 nitrogen and oxygen atoms in total. The molecule has 0 saturated carbocycles. The Kier molecular flexibility index (Phi) is 46.7. The third-order valence-corrected chi connectivity index (χ3v) is 17.7. The van der Waals surface area contributed by atoms with E-state index in [1.807, 2.05) is 6.92 Å². The van der Waals surface area contributed by atoms with Gasteiger partial charge >= 0.3 is 23.9 Å². The lowest BCUT2D eigenvalue weighted by Crippen LogP contribution is -2.55. The van der Waals surface area contributed by atoms with Gasteiger partial charge in [0.15, 0.2) is 6.10 Å². The number of rotatable bonds is 58. The second kappa shape index (κ2) is 51.0. The van der Waals surface area contributed by atoms with Crippen molar-refractivity contribution in [2.75, 3.05) is 40.0 Å². The van der Waals surface area contributed by atoms with Crippen LogP contribution in [0.5, 0.6) is 5.88 Å². The molecule has 1 aromatic rings. The highest BCUT2D eigenvalue weighted by molar-refractivity contribution is 6.99. The molecular formula is C70H128N3O9S+. The number of ether oxygens (including phenoxy) is 5. The van der Waals surface area contributed by atoms with Crippen LogP contribution in [0.4, 0.5) is 0 Å². The van der Waals surface area contributed by atoms with Crippen molar-refractivity contribution < 1.29 is 47.3 Å².